The first-order valence-electron chi connectivity index (χ1n) is 7.49. The number of aromatic nitrogens is 2. The summed E-state index contributed by atoms with van der Waals surface area (Å²) < 4.78 is 2.02. The fourth-order valence-corrected chi connectivity index (χ4v) is 2.57. The van der Waals surface area contributed by atoms with E-state index in [2.05, 4.69) is 19.0 Å². The molecule has 2 aromatic heterocycles. The van der Waals surface area contributed by atoms with Gasteiger partial charge in [-0.2, -0.15) is 0 Å². The summed E-state index contributed by atoms with van der Waals surface area (Å²) in [4.78, 5) is 16.8. The van der Waals surface area contributed by atoms with Gasteiger partial charge in [0, 0.05) is 18.6 Å². The Bertz CT molecular complexity index is 634. The van der Waals surface area contributed by atoms with Crippen LogP contribution in [0.1, 0.15) is 36.7 Å². The molecule has 2 rings (SSSR count). The van der Waals surface area contributed by atoms with Crippen LogP contribution < -0.4 is 10.0 Å². The Hall–Kier alpha value is -1.88. The first kappa shape index (κ1) is 15.5. The van der Waals surface area contributed by atoms with Crippen molar-refractivity contribution in [3.05, 3.63) is 35.3 Å². The normalized spacial score (nSPS) is 12.7. The molecule has 2 heterocycles. The average Bonchev–Trinajstić information content (AvgIpc) is 2.73. The van der Waals surface area contributed by atoms with Crippen molar-refractivity contribution in [3.8, 4) is 0 Å². The number of carbonyl (C=O) groups is 1. The van der Waals surface area contributed by atoms with Crippen molar-refractivity contribution in [2.75, 3.05) is 13.6 Å². The van der Waals surface area contributed by atoms with E-state index in [1.54, 1.807) is 0 Å². The molecule has 114 valence electrons. The number of carboxylic acids is 1. The Balaban J connectivity index is 2.36. The molecule has 0 aliphatic rings. The molecule has 0 bridgehead atoms. The van der Waals surface area contributed by atoms with Crippen LogP contribution in [0.4, 0.5) is 0 Å². The maximum absolute atomic E-state index is 11.0. The number of pyridine rings is 1. The minimum atomic E-state index is -1.08. The van der Waals surface area contributed by atoms with Crippen molar-refractivity contribution >= 4 is 11.6 Å². The average molecular weight is 289 g/mol. The van der Waals surface area contributed by atoms with Gasteiger partial charge in [0.2, 0.25) is 0 Å². The molecule has 1 unspecified atom stereocenters. The highest BCUT2D eigenvalue weighted by atomic mass is 16.4. The number of imidazole rings is 1. The maximum Gasteiger partial charge on any atom is 0.137 e. The van der Waals surface area contributed by atoms with Crippen LogP contribution in [0.25, 0.3) is 5.65 Å². The predicted molar refractivity (Wildman–Crippen MR) is 79.0 cm³/mol. The number of nitrogens with zero attached hydrogens (tertiary/aromatic N) is 2. The number of aliphatic carboxylic acids is 1. The van der Waals surface area contributed by atoms with Crippen LogP contribution in [0.15, 0.2) is 18.3 Å². The minimum absolute atomic E-state index is 0.128. The lowest BCUT2D eigenvalue weighted by molar-refractivity contribution is -0.894. The summed E-state index contributed by atoms with van der Waals surface area (Å²) in [6.45, 7) is 6.04. The quantitative estimate of drug-likeness (QED) is 0.764. The molecular weight excluding hydrogens is 266 g/mol. The molecule has 2 aromatic rings. The molecule has 0 saturated heterocycles. The zero-order valence-electron chi connectivity index (χ0n) is 13.0. The third-order valence-corrected chi connectivity index (χ3v) is 3.69. The number of nitrogens with one attached hydrogen (secondary N) is 1. The van der Waals surface area contributed by atoms with Crippen molar-refractivity contribution < 1.29 is 14.8 Å². The molecule has 5 nitrogen and oxygen atoms in total. The lowest BCUT2D eigenvalue weighted by atomic mass is 10.2. The Morgan fingerprint density at radius 3 is 2.86 bits per heavy atom. The number of rotatable bonds is 7. The molecule has 0 radical (unpaired) electrons. The minimum Gasteiger partial charge on any atom is -0.550 e. The third-order valence-electron chi connectivity index (χ3n) is 3.69. The summed E-state index contributed by atoms with van der Waals surface area (Å²) in [5, 5.41) is 11.0. The number of carboxylic acid groups (broad SMARTS) is 1. The van der Waals surface area contributed by atoms with Crippen LogP contribution >= 0.6 is 0 Å². The van der Waals surface area contributed by atoms with E-state index in [0.717, 1.165) is 42.8 Å². The zero-order valence-corrected chi connectivity index (χ0v) is 13.0. The number of aryl methyl sites for hydroxylation is 1. The van der Waals surface area contributed by atoms with Crippen molar-refractivity contribution in [2.45, 2.75) is 39.7 Å². The van der Waals surface area contributed by atoms with Gasteiger partial charge in [0.25, 0.3) is 0 Å². The van der Waals surface area contributed by atoms with Crippen molar-refractivity contribution in [3.63, 3.8) is 0 Å². The fourth-order valence-electron chi connectivity index (χ4n) is 2.57. The summed E-state index contributed by atoms with van der Waals surface area (Å²) in [6, 6.07) is 3.92. The van der Waals surface area contributed by atoms with E-state index >= 15 is 0 Å². The molecule has 0 saturated carbocycles. The topological polar surface area (TPSA) is 61.9 Å². The Labute approximate surface area is 125 Å². The summed E-state index contributed by atoms with van der Waals surface area (Å²) in [7, 11) is 2.13. The predicted octanol–water partition coefficient (Wildman–Crippen LogP) is -0.250. The molecule has 5 heteroatoms. The Morgan fingerprint density at radius 2 is 2.19 bits per heavy atom. The number of hydrogen-bond donors (Lipinski definition) is 1. The van der Waals surface area contributed by atoms with Crippen molar-refractivity contribution in [1.82, 2.24) is 9.38 Å². The van der Waals surface area contributed by atoms with Crippen LogP contribution in [0.2, 0.25) is 0 Å². The molecule has 0 aliphatic carbocycles. The maximum atomic E-state index is 11.0. The second-order valence-electron chi connectivity index (χ2n) is 5.73. The van der Waals surface area contributed by atoms with Gasteiger partial charge in [-0.25, -0.2) is 4.98 Å². The Kier molecular flexibility index (Phi) is 4.96. The monoisotopic (exact) mass is 289 g/mol. The zero-order chi connectivity index (χ0) is 15.4. The van der Waals surface area contributed by atoms with Crippen LogP contribution in [-0.2, 0) is 17.8 Å². The van der Waals surface area contributed by atoms with Gasteiger partial charge >= 0.3 is 0 Å². The van der Waals surface area contributed by atoms with Gasteiger partial charge in [-0.1, -0.05) is 19.4 Å². The molecule has 0 amide bonds. The highest BCUT2D eigenvalue weighted by Gasteiger charge is 2.16. The van der Waals surface area contributed by atoms with Crippen LogP contribution in [0.5, 0.6) is 0 Å². The van der Waals surface area contributed by atoms with Gasteiger partial charge < -0.3 is 14.8 Å². The molecule has 0 aliphatic heterocycles. The van der Waals surface area contributed by atoms with Crippen molar-refractivity contribution in [2.24, 2.45) is 0 Å². The van der Waals surface area contributed by atoms with Gasteiger partial charge in [0.15, 0.2) is 0 Å². The van der Waals surface area contributed by atoms with E-state index in [1.807, 2.05) is 29.7 Å². The van der Waals surface area contributed by atoms with Crippen LogP contribution in [0.3, 0.4) is 0 Å². The van der Waals surface area contributed by atoms with Gasteiger partial charge in [-0.3, -0.25) is 4.40 Å². The van der Waals surface area contributed by atoms with Gasteiger partial charge in [-0.05, 0) is 25.0 Å². The molecule has 1 N–H and O–H groups in total. The van der Waals surface area contributed by atoms with E-state index in [1.165, 1.54) is 4.90 Å². The van der Waals surface area contributed by atoms with Gasteiger partial charge in [0.1, 0.15) is 17.9 Å². The number of carbonyl (C=O) groups excluding carboxylic acids is 1. The first-order valence-corrected chi connectivity index (χ1v) is 7.49. The van der Waals surface area contributed by atoms with Crippen molar-refractivity contribution in [1.29, 1.82) is 0 Å². The third kappa shape index (κ3) is 3.82. The summed E-state index contributed by atoms with van der Waals surface area (Å²) in [5.41, 5.74) is 3.53. The summed E-state index contributed by atoms with van der Waals surface area (Å²) in [6.07, 6.45) is 4.22. The largest absolute Gasteiger partial charge is 0.550 e. The molecule has 0 fully saturated rings. The van der Waals surface area contributed by atoms with E-state index in [9.17, 15) is 9.90 Å². The van der Waals surface area contributed by atoms with E-state index in [-0.39, 0.29) is 6.42 Å². The number of hydrogen-bond acceptors (Lipinski definition) is 3. The second-order valence-corrected chi connectivity index (χ2v) is 5.73. The Morgan fingerprint density at radius 1 is 1.43 bits per heavy atom. The number of fused-ring (bicyclic) bond motifs is 1. The lowest BCUT2D eigenvalue weighted by Gasteiger charge is -2.14. The molecule has 0 spiro atoms. The van der Waals surface area contributed by atoms with E-state index < -0.39 is 5.97 Å². The van der Waals surface area contributed by atoms with E-state index in [4.69, 9.17) is 0 Å². The van der Waals surface area contributed by atoms with Crippen LogP contribution in [0, 0.1) is 6.92 Å². The SMILES string of the molecule is CCCC[NH+](C)Cc1c(CC(=O)[O-])nc2ccc(C)cn12. The number of unbranched alkanes of at least 4 members (excludes halogenated alkanes) is 1. The second kappa shape index (κ2) is 6.72. The van der Waals surface area contributed by atoms with Gasteiger partial charge in [-0.15, -0.1) is 0 Å². The highest BCUT2D eigenvalue weighted by Crippen LogP contribution is 2.14. The summed E-state index contributed by atoms with van der Waals surface area (Å²) in [5.74, 6) is -1.08. The van der Waals surface area contributed by atoms with Crippen LogP contribution in [-0.4, -0.2) is 28.9 Å². The highest BCUT2D eigenvalue weighted by molar-refractivity contribution is 5.68. The fraction of sp³-hybridized carbons (Fsp3) is 0.500. The molecule has 21 heavy (non-hydrogen) atoms. The van der Waals surface area contributed by atoms with E-state index in [0.29, 0.717) is 5.69 Å². The number of quaternary nitrogens is 1. The molecular formula is C16H23N3O2. The summed E-state index contributed by atoms with van der Waals surface area (Å²) >= 11 is 0. The van der Waals surface area contributed by atoms with Gasteiger partial charge in [0.05, 0.1) is 19.3 Å². The molecule has 1 atom stereocenters. The molecule has 0 aromatic carbocycles. The smallest absolute Gasteiger partial charge is 0.137 e. The standard InChI is InChI=1S/C16H23N3O2/c1-4-5-8-18(3)11-14-13(9-16(20)21)17-15-7-6-12(2)10-19(14)15/h6-7,10H,4-5,8-9,11H2,1-3H3,(H,20,21). The lowest BCUT2D eigenvalue weighted by Crippen LogP contribution is -3.07. The first-order chi connectivity index (χ1) is 10.0.